The van der Waals surface area contributed by atoms with E-state index in [2.05, 4.69) is 19.5 Å². The largest absolute Gasteiger partial charge is 0.466 e. The lowest BCUT2D eigenvalue weighted by Crippen LogP contribution is -2.16. The Morgan fingerprint density at radius 2 is 1.61 bits per heavy atom. The highest BCUT2D eigenvalue weighted by Crippen LogP contribution is 2.21. The zero-order valence-electron chi connectivity index (χ0n) is 15.6. The minimum atomic E-state index is -3.78. The van der Waals surface area contributed by atoms with Gasteiger partial charge in [-0.25, -0.2) is 18.0 Å². The molecule has 0 heterocycles. The number of para-hydroxylation sites is 1. The van der Waals surface area contributed by atoms with Crippen molar-refractivity contribution >= 4 is 33.3 Å². The molecule has 0 aromatic heterocycles. The lowest BCUT2D eigenvalue weighted by Gasteiger charge is -2.12. The van der Waals surface area contributed by atoms with E-state index in [1.165, 1.54) is 38.5 Å². The second-order valence-corrected chi connectivity index (χ2v) is 7.32. The quantitative estimate of drug-likeness (QED) is 0.539. The minimum absolute atomic E-state index is 0.0397. The first-order valence-corrected chi connectivity index (χ1v) is 9.58. The van der Waals surface area contributed by atoms with Crippen LogP contribution in [0.1, 0.15) is 5.56 Å². The molecule has 0 aliphatic rings. The Morgan fingerprint density at radius 1 is 0.964 bits per heavy atom. The van der Waals surface area contributed by atoms with Crippen LogP contribution in [0.15, 0.2) is 65.2 Å². The zero-order valence-corrected chi connectivity index (χ0v) is 16.4. The number of carbonyl (C=O) groups is 2. The first kappa shape index (κ1) is 21.0. The maximum atomic E-state index is 12.5. The molecule has 0 aliphatic heterocycles. The molecule has 0 spiro atoms. The summed E-state index contributed by atoms with van der Waals surface area (Å²) < 4.78 is 36.7. The molecule has 0 fully saturated rings. The molecule has 0 amide bonds. The molecule has 0 unspecified atom stereocenters. The van der Waals surface area contributed by atoms with Gasteiger partial charge in [0.05, 0.1) is 30.9 Å². The first-order valence-electron chi connectivity index (χ1n) is 8.10. The Bertz CT molecular complexity index is 997. The third kappa shape index (κ3) is 5.34. The fourth-order valence-corrected chi connectivity index (χ4v) is 3.33. The van der Waals surface area contributed by atoms with Gasteiger partial charge in [0, 0.05) is 5.69 Å². The summed E-state index contributed by atoms with van der Waals surface area (Å²) in [6, 6.07) is 12.7. The molecule has 0 saturated heterocycles. The van der Waals surface area contributed by atoms with Gasteiger partial charge in [-0.3, -0.25) is 4.72 Å². The Labute approximate surface area is 163 Å². The van der Waals surface area contributed by atoms with Crippen LogP contribution < -0.4 is 10.0 Å². The van der Waals surface area contributed by atoms with Gasteiger partial charge < -0.3 is 14.8 Å². The van der Waals surface area contributed by atoms with Gasteiger partial charge in [0.1, 0.15) is 5.70 Å². The Hall–Kier alpha value is -3.33. The molecule has 0 aliphatic carbocycles. The number of nitrogens with one attached hydrogen (secondary N) is 2. The van der Waals surface area contributed by atoms with Gasteiger partial charge in [0.15, 0.2) is 0 Å². The molecular formula is C19H20N2O6S. The third-order valence-electron chi connectivity index (χ3n) is 3.70. The normalized spacial score (nSPS) is 11.5. The monoisotopic (exact) mass is 404 g/mol. The van der Waals surface area contributed by atoms with Crippen LogP contribution in [-0.2, 0) is 29.1 Å². The number of hydrogen-bond acceptors (Lipinski definition) is 7. The second-order valence-electron chi connectivity index (χ2n) is 5.64. The van der Waals surface area contributed by atoms with Crippen molar-refractivity contribution in [1.29, 1.82) is 0 Å². The molecule has 0 atom stereocenters. The zero-order chi connectivity index (χ0) is 20.7. The Morgan fingerprint density at radius 3 is 2.18 bits per heavy atom. The van der Waals surface area contributed by atoms with Crippen molar-refractivity contribution in [3.8, 4) is 0 Å². The van der Waals surface area contributed by atoms with E-state index in [-0.39, 0.29) is 10.6 Å². The number of methoxy groups -OCH3 is 2. The summed E-state index contributed by atoms with van der Waals surface area (Å²) in [6.07, 6.45) is 0.941. The minimum Gasteiger partial charge on any atom is -0.466 e. The van der Waals surface area contributed by atoms with Crippen LogP contribution in [0.4, 0.5) is 11.4 Å². The number of anilines is 2. The first-order chi connectivity index (χ1) is 13.3. The smallest absolute Gasteiger partial charge is 0.354 e. The van der Waals surface area contributed by atoms with Gasteiger partial charge in [0.2, 0.25) is 0 Å². The summed E-state index contributed by atoms with van der Waals surface area (Å²) in [5, 5.41) is 2.70. The molecule has 8 nitrogen and oxygen atoms in total. The average Bonchev–Trinajstić information content (AvgIpc) is 2.68. The van der Waals surface area contributed by atoms with E-state index in [4.69, 9.17) is 0 Å². The van der Waals surface area contributed by atoms with Gasteiger partial charge in [-0.1, -0.05) is 18.2 Å². The van der Waals surface area contributed by atoms with Crippen LogP contribution >= 0.6 is 0 Å². The summed E-state index contributed by atoms with van der Waals surface area (Å²) in [5.41, 5.74) is 1.51. The van der Waals surface area contributed by atoms with E-state index in [0.29, 0.717) is 11.4 Å². The van der Waals surface area contributed by atoms with Gasteiger partial charge in [-0.15, -0.1) is 0 Å². The molecule has 2 N–H and O–H groups in total. The predicted octanol–water partition coefficient (Wildman–Crippen LogP) is 2.44. The molecule has 0 bridgehead atoms. The van der Waals surface area contributed by atoms with Gasteiger partial charge >= 0.3 is 11.9 Å². The van der Waals surface area contributed by atoms with Crippen LogP contribution in [-0.4, -0.2) is 34.6 Å². The van der Waals surface area contributed by atoms with Crippen molar-refractivity contribution in [2.45, 2.75) is 11.8 Å². The van der Waals surface area contributed by atoms with Crippen molar-refractivity contribution in [3.63, 3.8) is 0 Å². The lowest BCUT2D eigenvalue weighted by atomic mass is 10.2. The van der Waals surface area contributed by atoms with Gasteiger partial charge in [0.25, 0.3) is 10.0 Å². The van der Waals surface area contributed by atoms with E-state index < -0.39 is 22.0 Å². The predicted molar refractivity (Wildman–Crippen MR) is 104 cm³/mol. The van der Waals surface area contributed by atoms with Gasteiger partial charge in [-0.05, 0) is 42.8 Å². The van der Waals surface area contributed by atoms with E-state index in [1.807, 2.05) is 6.07 Å². The standard InChI is InChI=1S/C19H20N2O6S/c1-13-6-4-5-7-16(13)21-28(24,25)15-10-8-14(9-11-15)20-17(19(23)27-3)12-18(22)26-2/h4-12,20-21H,1-3H3/b17-12+. The van der Waals surface area contributed by atoms with Crippen molar-refractivity contribution in [2.24, 2.45) is 0 Å². The average molecular weight is 404 g/mol. The molecule has 0 saturated carbocycles. The number of benzene rings is 2. The lowest BCUT2D eigenvalue weighted by molar-refractivity contribution is -0.138. The highest BCUT2D eigenvalue weighted by Gasteiger charge is 2.16. The van der Waals surface area contributed by atoms with E-state index in [1.54, 1.807) is 25.1 Å². The summed E-state index contributed by atoms with van der Waals surface area (Å²) in [7, 11) is -1.44. The van der Waals surface area contributed by atoms with Crippen LogP contribution in [0, 0.1) is 6.92 Å². The highest BCUT2D eigenvalue weighted by molar-refractivity contribution is 7.92. The number of aryl methyl sites for hydroxylation is 1. The topological polar surface area (TPSA) is 111 Å². The van der Waals surface area contributed by atoms with Crippen molar-refractivity contribution in [3.05, 3.63) is 65.9 Å². The van der Waals surface area contributed by atoms with Crippen LogP contribution in [0.25, 0.3) is 0 Å². The van der Waals surface area contributed by atoms with Crippen molar-refractivity contribution < 1.29 is 27.5 Å². The number of ether oxygens (including phenoxy) is 2. The van der Waals surface area contributed by atoms with E-state index in [0.717, 1.165) is 11.6 Å². The number of rotatable bonds is 7. The summed E-state index contributed by atoms with van der Waals surface area (Å²) in [5.74, 6) is -1.52. The number of esters is 2. The number of sulfonamides is 1. The van der Waals surface area contributed by atoms with Crippen LogP contribution in [0.3, 0.4) is 0 Å². The highest BCUT2D eigenvalue weighted by atomic mass is 32.2. The Balaban J connectivity index is 2.22. The molecule has 2 aromatic carbocycles. The summed E-state index contributed by atoms with van der Waals surface area (Å²) in [6.45, 7) is 1.80. The van der Waals surface area contributed by atoms with Crippen LogP contribution in [0.5, 0.6) is 0 Å². The molecule has 28 heavy (non-hydrogen) atoms. The molecule has 148 valence electrons. The molecule has 9 heteroatoms. The molecular weight excluding hydrogens is 384 g/mol. The Kier molecular flexibility index (Phi) is 6.78. The maximum absolute atomic E-state index is 12.5. The maximum Gasteiger partial charge on any atom is 0.354 e. The van der Waals surface area contributed by atoms with E-state index in [9.17, 15) is 18.0 Å². The van der Waals surface area contributed by atoms with Crippen molar-refractivity contribution in [1.82, 2.24) is 0 Å². The molecule has 0 radical (unpaired) electrons. The van der Waals surface area contributed by atoms with Gasteiger partial charge in [-0.2, -0.15) is 0 Å². The molecule has 2 rings (SSSR count). The summed E-state index contributed by atoms with van der Waals surface area (Å²) in [4.78, 5) is 23.2. The third-order valence-corrected chi connectivity index (χ3v) is 5.08. The fraction of sp³-hybridized carbons (Fsp3) is 0.158. The van der Waals surface area contributed by atoms with E-state index >= 15 is 0 Å². The SMILES string of the molecule is COC(=O)/C=C(/Nc1ccc(S(=O)(=O)Nc2ccccc2C)cc1)C(=O)OC. The van der Waals surface area contributed by atoms with Crippen molar-refractivity contribution in [2.75, 3.05) is 24.3 Å². The number of carbonyl (C=O) groups excluding carboxylic acids is 2. The second kappa shape index (κ2) is 9.05. The van der Waals surface area contributed by atoms with Crippen LogP contribution in [0.2, 0.25) is 0 Å². The number of hydrogen-bond donors (Lipinski definition) is 2. The molecule has 2 aromatic rings. The fourth-order valence-electron chi connectivity index (χ4n) is 2.20. The summed E-state index contributed by atoms with van der Waals surface area (Å²) >= 11 is 0.